The third-order valence-electron chi connectivity index (χ3n) is 10.1. The Morgan fingerprint density at radius 3 is 2.14 bits per heavy atom. The van der Waals surface area contributed by atoms with E-state index in [2.05, 4.69) is 10.6 Å². The summed E-state index contributed by atoms with van der Waals surface area (Å²) in [7, 11) is 0. The molecule has 294 valence electrons. The van der Waals surface area contributed by atoms with Crippen LogP contribution in [-0.2, 0) is 33.2 Å². The van der Waals surface area contributed by atoms with Crippen LogP contribution in [0.3, 0.4) is 0 Å². The van der Waals surface area contributed by atoms with E-state index in [-0.39, 0.29) is 38.5 Å². The largest absolute Gasteiger partial charge is 0.395 e. The first-order chi connectivity index (χ1) is 24.2. The quantitative estimate of drug-likeness (QED) is 0.0581. The molecule has 0 spiro atoms. The maximum absolute atomic E-state index is 13.1. The molecule has 3 aliphatic heterocycles. The molecule has 17 atom stereocenters. The summed E-state index contributed by atoms with van der Waals surface area (Å²) in [6.45, 7) is -0.288. The molecule has 2 aliphatic carbocycles. The summed E-state index contributed by atoms with van der Waals surface area (Å²) in [6, 6.07) is -4.41. The van der Waals surface area contributed by atoms with Gasteiger partial charge in [-0.05, 0) is 6.42 Å². The summed E-state index contributed by atoms with van der Waals surface area (Å²) in [5.41, 5.74) is 28.6. The first-order valence-corrected chi connectivity index (χ1v) is 17.2. The Balaban J connectivity index is 1.34. The van der Waals surface area contributed by atoms with Gasteiger partial charge in [0.2, 0.25) is 0 Å². The highest BCUT2D eigenvalue weighted by molar-refractivity contribution is 5.86. The van der Waals surface area contributed by atoms with Crippen molar-refractivity contribution < 1.29 is 69.0 Å². The van der Waals surface area contributed by atoms with Crippen molar-refractivity contribution >= 4 is 5.91 Å². The van der Waals surface area contributed by atoms with E-state index < -0.39 is 122 Å². The molecular weight excluding hydrogens is 682 g/mol. The maximum Gasteiger partial charge on any atom is 0.252 e. The number of carbonyl (C=O) groups excluding carboxylic acids is 1. The lowest BCUT2D eigenvalue weighted by Crippen LogP contribution is -2.69. The lowest BCUT2D eigenvalue weighted by Gasteiger charge is -2.47. The second-order valence-electron chi connectivity index (χ2n) is 14.0. The minimum atomic E-state index is -1.72. The van der Waals surface area contributed by atoms with Crippen molar-refractivity contribution in [3.05, 3.63) is 12.2 Å². The summed E-state index contributed by atoms with van der Waals surface area (Å²) >= 11 is 0. The summed E-state index contributed by atoms with van der Waals surface area (Å²) in [6.07, 6.45) is -13.5. The van der Waals surface area contributed by atoms with Gasteiger partial charge in [-0.25, -0.2) is 0 Å². The minimum absolute atomic E-state index is 0.0283. The van der Waals surface area contributed by atoms with Gasteiger partial charge in [0.05, 0.1) is 37.4 Å². The van der Waals surface area contributed by atoms with Crippen LogP contribution < -0.4 is 39.3 Å². The third kappa shape index (κ3) is 8.89. The number of hydrogen-bond donors (Lipinski definition) is 14. The summed E-state index contributed by atoms with van der Waals surface area (Å²) in [4.78, 5) is 13.1. The van der Waals surface area contributed by atoms with Gasteiger partial charge in [-0.2, -0.15) is 0 Å². The molecule has 0 radical (unpaired) electrons. The minimum Gasteiger partial charge on any atom is -0.395 e. The van der Waals surface area contributed by atoms with E-state index in [9.17, 15) is 35.4 Å². The smallest absolute Gasteiger partial charge is 0.252 e. The summed E-state index contributed by atoms with van der Waals surface area (Å²) in [5.74, 6) is -0.752. The van der Waals surface area contributed by atoms with Crippen LogP contribution >= 0.6 is 0 Å². The van der Waals surface area contributed by atoms with Gasteiger partial charge in [-0.15, -0.1) is 0 Å². The molecule has 0 unspecified atom stereocenters. The number of aliphatic hydroxyl groups is 7. The Morgan fingerprint density at radius 2 is 1.49 bits per heavy atom. The van der Waals surface area contributed by atoms with Gasteiger partial charge < -0.3 is 103 Å². The average Bonchev–Trinajstić information content (AvgIpc) is 3.38. The van der Waals surface area contributed by atoms with E-state index in [1.165, 1.54) is 0 Å². The molecule has 3 heterocycles. The molecule has 0 aromatic heterocycles. The fraction of sp³-hybridized carbons (Fsp3) is 0.900. The Bertz CT molecular complexity index is 1170. The average molecular weight is 738 g/mol. The van der Waals surface area contributed by atoms with Gasteiger partial charge in [-0.3, -0.25) is 4.79 Å². The van der Waals surface area contributed by atoms with E-state index in [0.29, 0.717) is 13.1 Å². The summed E-state index contributed by atoms with van der Waals surface area (Å²) in [5, 5.41) is 79.4. The monoisotopic (exact) mass is 737 g/mol. The molecule has 21 heteroatoms. The molecule has 4 fully saturated rings. The predicted molar refractivity (Wildman–Crippen MR) is 172 cm³/mol. The van der Waals surface area contributed by atoms with Crippen LogP contribution in [0.1, 0.15) is 19.3 Å². The highest BCUT2D eigenvalue weighted by Gasteiger charge is 2.55. The molecule has 5 aliphatic rings. The highest BCUT2D eigenvalue weighted by Crippen LogP contribution is 2.35. The standard InChI is InChI=1S/C30H55N7O14/c31-8-16-20(41)21(42)18(35)27(47-16)50-24-17(10-39)48-28(22(24)43)51-25-19(40)15(37-29(44)30(45)6-11(32)7-30)5-14(34)23(25)49-26-13(33)2-1-12(46-26)9-36-3-4-38/h1-2,11-28,36,38-43,45H,3-10,31-35H2,(H,37,44)/t11?,12-,13+,14-,15+,16-,17+,18+,19-,20+,21+,22+,23+,24+,25+,26+,27+,28-,30?/m0/s1. The van der Waals surface area contributed by atoms with Crippen LogP contribution in [0, 0.1) is 0 Å². The number of carbonyl (C=O) groups is 1. The van der Waals surface area contributed by atoms with Crippen molar-refractivity contribution in [2.24, 2.45) is 28.7 Å². The Morgan fingerprint density at radius 1 is 0.824 bits per heavy atom. The van der Waals surface area contributed by atoms with Crippen molar-refractivity contribution in [2.45, 2.75) is 135 Å². The number of nitrogens with one attached hydrogen (secondary N) is 2. The zero-order valence-corrected chi connectivity index (χ0v) is 28.1. The van der Waals surface area contributed by atoms with Gasteiger partial charge in [0.25, 0.3) is 5.91 Å². The van der Waals surface area contributed by atoms with Crippen LogP contribution in [0.4, 0.5) is 0 Å². The van der Waals surface area contributed by atoms with E-state index in [1.54, 1.807) is 12.2 Å². The topological polar surface area (TPSA) is 368 Å². The fourth-order valence-corrected chi connectivity index (χ4v) is 7.09. The Kier molecular flexibility index (Phi) is 13.8. The van der Waals surface area contributed by atoms with E-state index in [4.69, 9.17) is 62.2 Å². The fourth-order valence-electron chi connectivity index (χ4n) is 7.09. The number of amides is 1. The SMILES string of the molecule is NC[C@@H]1O[C@H](O[C@H]2[C@@H](O)[C@H](O[C@@H]3[C@@H](O)[C@H](NC(=O)C4(O)CC(N)C4)C[C@H](N)[C@H]3O[C@H]3O[C@H](CNCCO)C=C[C@H]3N)O[C@@H]2CO)[C@H](N)[C@@H](O)[C@@H]1O. The zero-order chi connectivity index (χ0) is 37.2. The van der Waals surface area contributed by atoms with Gasteiger partial charge in [0, 0.05) is 44.6 Å². The molecule has 0 aromatic carbocycles. The van der Waals surface area contributed by atoms with Crippen molar-refractivity contribution in [1.82, 2.24) is 10.6 Å². The van der Waals surface area contributed by atoms with Crippen molar-refractivity contribution in [2.75, 3.05) is 32.8 Å². The second kappa shape index (κ2) is 17.3. The van der Waals surface area contributed by atoms with Crippen LogP contribution in [-0.4, -0.2) is 190 Å². The van der Waals surface area contributed by atoms with E-state index in [1.807, 2.05) is 0 Å². The lowest BCUT2D eigenvalue weighted by atomic mass is 9.75. The van der Waals surface area contributed by atoms with Crippen molar-refractivity contribution in [3.8, 4) is 0 Å². The molecule has 21 nitrogen and oxygen atoms in total. The van der Waals surface area contributed by atoms with Crippen molar-refractivity contribution in [1.29, 1.82) is 0 Å². The van der Waals surface area contributed by atoms with Crippen LogP contribution in [0.2, 0.25) is 0 Å². The third-order valence-corrected chi connectivity index (χ3v) is 10.1. The predicted octanol–water partition coefficient (Wildman–Crippen LogP) is -8.43. The molecule has 1 amide bonds. The Labute approximate surface area is 294 Å². The first-order valence-electron chi connectivity index (χ1n) is 17.2. The zero-order valence-electron chi connectivity index (χ0n) is 28.1. The first kappa shape index (κ1) is 40.6. The van der Waals surface area contributed by atoms with E-state index >= 15 is 0 Å². The molecule has 0 aromatic rings. The van der Waals surface area contributed by atoms with Gasteiger partial charge in [0.1, 0.15) is 60.5 Å². The molecule has 0 bridgehead atoms. The summed E-state index contributed by atoms with van der Waals surface area (Å²) < 4.78 is 35.8. The molecule has 51 heavy (non-hydrogen) atoms. The van der Waals surface area contributed by atoms with Crippen LogP contribution in [0.5, 0.6) is 0 Å². The van der Waals surface area contributed by atoms with Crippen LogP contribution in [0.15, 0.2) is 12.2 Å². The number of aliphatic hydroxyl groups excluding tert-OH is 6. The Hall–Kier alpha value is -1.55. The number of rotatable bonds is 14. The molecular formula is C30H55N7O14. The van der Waals surface area contributed by atoms with Gasteiger partial charge in [0.15, 0.2) is 18.9 Å². The highest BCUT2D eigenvalue weighted by atomic mass is 16.8. The molecule has 5 rings (SSSR count). The van der Waals surface area contributed by atoms with Crippen molar-refractivity contribution in [3.63, 3.8) is 0 Å². The number of ether oxygens (including phenoxy) is 6. The molecule has 2 saturated heterocycles. The van der Waals surface area contributed by atoms with Gasteiger partial charge >= 0.3 is 0 Å². The van der Waals surface area contributed by atoms with E-state index in [0.717, 1.165) is 0 Å². The number of nitrogens with two attached hydrogens (primary N) is 5. The maximum atomic E-state index is 13.1. The lowest BCUT2D eigenvalue weighted by molar-refractivity contribution is -0.284. The normalized spacial score (nSPS) is 48.7. The number of hydrogen-bond acceptors (Lipinski definition) is 20. The van der Waals surface area contributed by atoms with Gasteiger partial charge in [-0.1, -0.05) is 12.2 Å². The molecule has 19 N–H and O–H groups in total. The molecule has 2 saturated carbocycles. The van der Waals surface area contributed by atoms with Crippen LogP contribution in [0.25, 0.3) is 0 Å². The second-order valence-corrected chi connectivity index (χ2v) is 14.0.